The summed E-state index contributed by atoms with van der Waals surface area (Å²) < 4.78 is 5.50. The highest BCUT2D eigenvalue weighted by molar-refractivity contribution is 5.76. The first-order chi connectivity index (χ1) is 42.0. The summed E-state index contributed by atoms with van der Waals surface area (Å²) in [7, 11) is 0. The van der Waals surface area contributed by atoms with Crippen molar-refractivity contribution in [2.45, 2.75) is 431 Å². The number of aliphatic hydroxyl groups excluding tert-OH is 2. The van der Waals surface area contributed by atoms with E-state index in [2.05, 4.69) is 55.6 Å². The topological polar surface area (TPSA) is 95.9 Å². The fourth-order valence-electron chi connectivity index (χ4n) is 12.0. The van der Waals surface area contributed by atoms with E-state index in [1.54, 1.807) is 6.08 Å². The molecule has 0 rings (SSSR count). The number of carbonyl (C=O) groups is 2. The molecule has 0 radical (unpaired) electrons. The predicted molar refractivity (Wildman–Crippen MR) is 375 cm³/mol. The Morgan fingerprint density at radius 3 is 0.906 bits per heavy atom. The van der Waals surface area contributed by atoms with Gasteiger partial charge in [0.05, 0.1) is 25.4 Å². The Morgan fingerprint density at radius 2 is 0.588 bits per heavy atom. The van der Waals surface area contributed by atoms with E-state index in [1.807, 2.05) is 6.08 Å². The smallest absolute Gasteiger partial charge is 0.305 e. The van der Waals surface area contributed by atoms with E-state index in [0.717, 1.165) is 51.4 Å². The quantitative estimate of drug-likeness (QED) is 0.0320. The number of allylic oxidation sites excluding steroid dienone is 7. The Hall–Kier alpha value is -2.18. The monoisotopic (exact) mass is 1190 g/mol. The Kier molecular flexibility index (Phi) is 72.4. The first kappa shape index (κ1) is 82.8. The van der Waals surface area contributed by atoms with Crippen molar-refractivity contribution in [1.29, 1.82) is 0 Å². The van der Waals surface area contributed by atoms with Crippen molar-refractivity contribution in [3.8, 4) is 0 Å². The van der Waals surface area contributed by atoms with Crippen LogP contribution in [-0.4, -0.2) is 47.4 Å². The number of carbonyl (C=O) groups excluding carboxylic acids is 2. The zero-order valence-corrected chi connectivity index (χ0v) is 57.4. The van der Waals surface area contributed by atoms with Crippen molar-refractivity contribution in [3.63, 3.8) is 0 Å². The zero-order valence-electron chi connectivity index (χ0n) is 57.4. The number of unbranched alkanes of at least 4 members (excludes halogenated alkanes) is 55. The van der Waals surface area contributed by atoms with Gasteiger partial charge in [0, 0.05) is 12.8 Å². The van der Waals surface area contributed by atoms with E-state index < -0.39 is 12.1 Å². The van der Waals surface area contributed by atoms with Crippen LogP contribution in [0.5, 0.6) is 0 Å². The third-order valence-corrected chi connectivity index (χ3v) is 17.8. The van der Waals surface area contributed by atoms with E-state index in [9.17, 15) is 19.8 Å². The van der Waals surface area contributed by atoms with Gasteiger partial charge in [-0.1, -0.05) is 364 Å². The Bertz CT molecular complexity index is 1420. The summed E-state index contributed by atoms with van der Waals surface area (Å²) in [6.45, 7) is 4.92. The summed E-state index contributed by atoms with van der Waals surface area (Å²) in [4.78, 5) is 24.6. The maximum Gasteiger partial charge on any atom is 0.305 e. The van der Waals surface area contributed by atoms with Crippen molar-refractivity contribution in [2.24, 2.45) is 0 Å². The van der Waals surface area contributed by atoms with Gasteiger partial charge in [0.1, 0.15) is 0 Å². The van der Waals surface area contributed by atoms with Crippen LogP contribution in [0.15, 0.2) is 48.6 Å². The second-order valence-corrected chi connectivity index (χ2v) is 26.3. The third kappa shape index (κ3) is 70.8. The van der Waals surface area contributed by atoms with Gasteiger partial charge in [-0.2, -0.15) is 0 Å². The van der Waals surface area contributed by atoms with Crippen LogP contribution in [0.2, 0.25) is 0 Å². The average Bonchev–Trinajstić information content (AvgIpc) is 3.51. The third-order valence-electron chi connectivity index (χ3n) is 17.8. The summed E-state index contributed by atoms with van der Waals surface area (Å²) in [6, 6.07) is -0.625. The number of hydrogen-bond donors (Lipinski definition) is 3. The molecule has 3 N–H and O–H groups in total. The summed E-state index contributed by atoms with van der Waals surface area (Å²) >= 11 is 0. The number of hydrogen-bond acceptors (Lipinski definition) is 5. The lowest BCUT2D eigenvalue weighted by atomic mass is 10.0. The number of esters is 1. The Morgan fingerprint density at radius 1 is 0.329 bits per heavy atom. The van der Waals surface area contributed by atoms with Crippen LogP contribution in [-0.2, 0) is 14.3 Å². The van der Waals surface area contributed by atoms with Gasteiger partial charge < -0.3 is 20.3 Å². The van der Waals surface area contributed by atoms with Crippen LogP contribution in [0.1, 0.15) is 418 Å². The molecule has 0 saturated heterocycles. The number of ether oxygens (including phenoxy) is 1. The molecule has 85 heavy (non-hydrogen) atoms. The molecule has 1 amide bonds. The highest BCUT2D eigenvalue weighted by atomic mass is 16.5. The first-order valence-corrected chi connectivity index (χ1v) is 38.4. The Balaban J connectivity index is 3.35. The molecule has 0 aliphatic rings. The molecule has 500 valence electrons. The fourth-order valence-corrected chi connectivity index (χ4v) is 12.0. The first-order valence-electron chi connectivity index (χ1n) is 38.4. The summed E-state index contributed by atoms with van der Waals surface area (Å²) in [6.07, 6.45) is 98.1. The molecule has 0 aliphatic heterocycles. The molecule has 0 heterocycles. The highest BCUT2D eigenvalue weighted by Gasteiger charge is 2.18. The van der Waals surface area contributed by atoms with Gasteiger partial charge in [-0.3, -0.25) is 9.59 Å². The van der Waals surface area contributed by atoms with Crippen LogP contribution in [0.25, 0.3) is 0 Å². The lowest BCUT2D eigenvalue weighted by Gasteiger charge is -2.20. The van der Waals surface area contributed by atoms with Crippen LogP contribution in [0.3, 0.4) is 0 Å². The highest BCUT2D eigenvalue weighted by Crippen LogP contribution is 2.19. The van der Waals surface area contributed by atoms with Crippen molar-refractivity contribution in [1.82, 2.24) is 5.32 Å². The molecule has 0 aliphatic carbocycles. The normalized spacial score (nSPS) is 12.8. The van der Waals surface area contributed by atoms with Crippen LogP contribution < -0.4 is 5.32 Å². The van der Waals surface area contributed by atoms with E-state index >= 15 is 0 Å². The lowest BCUT2D eigenvalue weighted by Crippen LogP contribution is -2.45. The minimum atomic E-state index is -0.842. The van der Waals surface area contributed by atoms with Gasteiger partial charge in [-0.25, -0.2) is 0 Å². The van der Waals surface area contributed by atoms with Crippen molar-refractivity contribution in [3.05, 3.63) is 48.6 Å². The van der Waals surface area contributed by atoms with E-state index in [0.29, 0.717) is 19.4 Å². The van der Waals surface area contributed by atoms with Gasteiger partial charge in [0.25, 0.3) is 0 Å². The van der Waals surface area contributed by atoms with Gasteiger partial charge in [0.2, 0.25) is 5.91 Å². The average molecular weight is 1190 g/mol. The minimum absolute atomic E-state index is 0.0130. The molecule has 0 aromatic rings. The molecule has 0 bridgehead atoms. The molecule has 0 saturated carbocycles. The molecule has 0 aromatic carbocycles. The van der Waals surface area contributed by atoms with Gasteiger partial charge in [-0.05, 0) is 89.9 Å². The van der Waals surface area contributed by atoms with Crippen molar-refractivity contribution >= 4 is 11.9 Å². The van der Waals surface area contributed by atoms with Gasteiger partial charge in [-0.15, -0.1) is 0 Å². The second-order valence-electron chi connectivity index (χ2n) is 26.3. The summed E-state index contributed by atoms with van der Waals surface area (Å²) in [5.74, 6) is -0.0506. The fraction of sp³-hybridized carbons (Fsp3) is 0.873. The predicted octanol–water partition coefficient (Wildman–Crippen LogP) is 25.2. The van der Waals surface area contributed by atoms with Gasteiger partial charge in [0.15, 0.2) is 0 Å². The molecule has 0 aromatic heterocycles. The van der Waals surface area contributed by atoms with Crippen molar-refractivity contribution < 1.29 is 24.5 Å². The standard InChI is InChI=1S/C79H149NO5/c1-3-5-7-9-11-13-15-17-18-45-49-53-57-61-65-69-73-79(84)85-74-70-66-62-58-54-50-46-43-41-39-37-35-33-31-29-27-25-23-21-19-20-22-24-26-28-30-32-34-36-38-40-42-44-48-52-56-60-64-68-72-78(83)80-76(75-81)77(82)71-67-63-59-55-51-47-16-14-12-10-8-6-4-2/h18-20,23,25,45,67,71,76-77,81-82H,3-17,21-22,24,26-44,46-66,68-70,72-75H2,1-2H3,(H,80,83)/b20-19-,25-23-,45-18-,71-67+. The molecular formula is C79H149NO5. The van der Waals surface area contributed by atoms with Crippen molar-refractivity contribution in [2.75, 3.05) is 13.2 Å². The zero-order chi connectivity index (χ0) is 61.3. The maximum absolute atomic E-state index is 12.5. The van der Waals surface area contributed by atoms with Crippen LogP contribution in [0, 0.1) is 0 Å². The maximum atomic E-state index is 12.5. The molecule has 2 unspecified atom stereocenters. The minimum Gasteiger partial charge on any atom is -0.466 e. The number of rotatable bonds is 72. The lowest BCUT2D eigenvalue weighted by molar-refractivity contribution is -0.143. The molecular weight excluding hydrogens is 1040 g/mol. The molecule has 0 fully saturated rings. The summed E-state index contributed by atoms with van der Waals surface area (Å²) in [5.41, 5.74) is 0. The van der Waals surface area contributed by atoms with Crippen LogP contribution in [0.4, 0.5) is 0 Å². The van der Waals surface area contributed by atoms with Gasteiger partial charge >= 0.3 is 5.97 Å². The molecule has 6 heteroatoms. The number of aliphatic hydroxyl groups is 2. The number of nitrogens with one attached hydrogen (secondary N) is 1. The largest absolute Gasteiger partial charge is 0.466 e. The van der Waals surface area contributed by atoms with E-state index in [4.69, 9.17) is 4.74 Å². The summed E-state index contributed by atoms with van der Waals surface area (Å²) in [5, 5.41) is 23.1. The van der Waals surface area contributed by atoms with E-state index in [1.165, 1.54) is 340 Å². The van der Waals surface area contributed by atoms with Crippen LogP contribution >= 0.6 is 0 Å². The Labute approximate surface area is 531 Å². The SMILES string of the molecule is CCCCCCCCC/C=C\CCCCCCCC(=O)OCCCCCCCCCCCCCCCCC/C=C\C/C=C\CCCCCCCCCCCCCCCCCCCC(=O)NC(CO)C(O)/C=C/CCCCCCCCCCCCC. The van der Waals surface area contributed by atoms with E-state index in [-0.39, 0.29) is 18.5 Å². The molecule has 6 nitrogen and oxygen atoms in total. The second kappa shape index (κ2) is 74.3. The molecule has 2 atom stereocenters. The number of amides is 1. The molecule has 0 spiro atoms.